The van der Waals surface area contributed by atoms with Crippen LogP contribution in [0.4, 0.5) is 0 Å². The van der Waals surface area contributed by atoms with Crippen LogP contribution in [0.1, 0.15) is 11.1 Å². The Balaban J connectivity index is 1.02. The van der Waals surface area contributed by atoms with Crippen molar-refractivity contribution in [2.24, 2.45) is 0 Å². The number of para-hydroxylation sites is 2. The molecule has 0 aliphatic rings. The minimum absolute atomic E-state index is 0.515. The molecule has 0 saturated heterocycles. The summed E-state index contributed by atoms with van der Waals surface area (Å²) in [6.45, 7) is 4.28. The van der Waals surface area contributed by atoms with E-state index in [9.17, 15) is 0 Å². The van der Waals surface area contributed by atoms with E-state index in [1.807, 2.05) is 84.9 Å². The topological polar surface area (TPSA) is 70.0 Å². The van der Waals surface area contributed by atoms with E-state index in [2.05, 4.69) is 123 Å². The zero-order valence-electron chi connectivity index (χ0n) is 34.1. The average Bonchev–Trinajstić information content (AvgIpc) is 3.32. The second-order valence-electron chi connectivity index (χ2n) is 15.5. The Bertz CT molecular complexity index is 3240. The predicted octanol–water partition coefficient (Wildman–Crippen LogP) is 14.7. The lowest BCUT2D eigenvalue weighted by Crippen LogP contribution is -1.97. The lowest BCUT2D eigenvalue weighted by atomic mass is 9.94. The first-order valence-electron chi connectivity index (χ1n) is 20.7. The van der Waals surface area contributed by atoms with Crippen LogP contribution in [0, 0.1) is 13.8 Å². The summed E-state index contributed by atoms with van der Waals surface area (Å²) in [7, 11) is 0. The fourth-order valence-electron chi connectivity index (χ4n) is 8.40. The Kier molecular flexibility index (Phi) is 9.16. The van der Waals surface area contributed by atoms with Gasteiger partial charge in [-0.05, 0) is 95.8 Å². The molecule has 4 aromatic heterocycles. The van der Waals surface area contributed by atoms with Crippen LogP contribution in [0.2, 0.25) is 0 Å². The van der Waals surface area contributed by atoms with Crippen LogP contribution >= 0.6 is 0 Å². The van der Waals surface area contributed by atoms with E-state index in [0.29, 0.717) is 11.8 Å². The molecule has 0 amide bonds. The van der Waals surface area contributed by atoms with E-state index in [1.54, 1.807) is 0 Å². The molecule has 294 valence electrons. The third-order valence-corrected chi connectivity index (χ3v) is 11.5. The van der Waals surface area contributed by atoms with E-state index in [0.717, 1.165) is 111 Å². The number of rotatable bonds is 8. The first-order chi connectivity index (χ1) is 30.5. The van der Waals surface area contributed by atoms with E-state index in [1.165, 1.54) is 0 Å². The molecule has 11 aromatic rings. The number of benzene rings is 7. The molecule has 4 heterocycles. The summed E-state index contributed by atoms with van der Waals surface area (Å²) >= 11 is 0. The molecule has 0 bridgehead atoms. The number of aromatic nitrogens is 4. The number of fused-ring (bicyclic) bond motifs is 6. The van der Waals surface area contributed by atoms with Gasteiger partial charge in [-0.25, -0.2) is 19.9 Å². The van der Waals surface area contributed by atoms with Gasteiger partial charge in [-0.1, -0.05) is 133 Å². The molecular weight excluding hydrogens is 761 g/mol. The number of hydrogen-bond acceptors (Lipinski definition) is 6. The highest BCUT2D eigenvalue weighted by Gasteiger charge is 2.18. The highest BCUT2D eigenvalue weighted by molar-refractivity contribution is 6.10. The molecule has 11 rings (SSSR count). The summed E-state index contributed by atoms with van der Waals surface area (Å²) in [6, 6.07) is 65.8. The van der Waals surface area contributed by atoms with Crippen LogP contribution in [0.3, 0.4) is 0 Å². The Morgan fingerprint density at radius 2 is 0.694 bits per heavy atom. The van der Waals surface area contributed by atoms with Crippen LogP contribution in [0.5, 0.6) is 23.3 Å². The van der Waals surface area contributed by atoms with Crippen molar-refractivity contribution in [3.05, 3.63) is 205 Å². The van der Waals surface area contributed by atoms with Gasteiger partial charge in [-0.3, -0.25) is 0 Å². The van der Waals surface area contributed by atoms with Gasteiger partial charge in [0.15, 0.2) is 0 Å². The number of nitrogens with zero attached hydrogens (tertiary/aromatic N) is 4. The third kappa shape index (κ3) is 6.83. The Hall–Kier alpha value is -8.22. The van der Waals surface area contributed by atoms with Gasteiger partial charge in [0, 0.05) is 44.8 Å². The first kappa shape index (κ1) is 36.8. The van der Waals surface area contributed by atoms with Crippen molar-refractivity contribution >= 4 is 43.6 Å². The second kappa shape index (κ2) is 15.4. The Morgan fingerprint density at radius 1 is 0.323 bits per heavy atom. The van der Waals surface area contributed by atoms with Crippen LogP contribution < -0.4 is 9.47 Å². The molecule has 0 saturated carbocycles. The van der Waals surface area contributed by atoms with Gasteiger partial charge in [0.25, 0.3) is 0 Å². The van der Waals surface area contributed by atoms with Crippen LogP contribution in [0.25, 0.3) is 88.4 Å². The predicted molar refractivity (Wildman–Crippen MR) is 252 cm³/mol. The normalized spacial score (nSPS) is 11.4. The second-order valence-corrected chi connectivity index (χ2v) is 15.5. The lowest BCUT2D eigenvalue weighted by molar-refractivity contribution is 0.465. The number of pyridine rings is 4. The molecule has 6 heteroatoms. The largest absolute Gasteiger partial charge is 0.439 e. The molecule has 0 radical (unpaired) electrons. The van der Waals surface area contributed by atoms with Gasteiger partial charge in [0.2, 0.25) is 11.8 Å². The van der Waals surface area contributed by atoms with E-state index >= 15 is 0 Å². The molecule has 0 atom stereocenters. The van der Waals surface area contributed by atoms with Gasteiger partial charge in [-0.2, -0.15) is 0 Å². The molecular formula is C56H38N4O2. The molecule has 0 spiro atoms. The summed E-state index contributed by atoms with van der Waals surface area (Å²) in [5, 5.41) is 4.03. The SMILES string of the molecule is Cc1cc(-c2ccc3ccc4c(-c5ccccc5)cc(Oc5ccccc5)nc4c3n2)c(C)cc1-c1ccc2ccc3c(-c4ccccc4)cc(Oc4ccccc4)nc3c2n1. The van der Waals surface area contributed by atoms with Crippen LogP contribution in [0.15, 0.2) is 194 Å². The van der Waals surface area contributed by atoms with Crippen molar-refractivity contribution in [2.45, 2.75) is 13.8 Å². The zero-order chi connectivity index (χ0) is 41.6. The van der Waals surface area contributed by atoms with Crippen LogP contribution in [-0.2, 0) is 0 Å². The maximum atomic E-state index is 6.35. The van der Waals surface area contributed by atoms with Crippen molar-refractivity contribution in [3.8, 4) is 68.0 Å². The quantitative estimate of drug-likeness (QED) is 0.143. The lowest BCUT2D eigenvalue weighted by Gasteiger charge is -2.15. The summed E-state index contributed by atoms with van der Waals surface area (Å²) in [4.78, 5) is 20.9. The number of hydrogen-bond donors (Lipinski definition) is 0. The Labute approximate surface area is 358 Å². The van der Waals surface area contributed by atoms with Gasteiger partial charge in [0.1, 0.15) is 22.5 Å². The van der Waals surface area contributed by atoms with E-state index < -0.39 is 0 Å². The summed E-state index contributed by atoms with van der Waals surface area (Å²) in [6.07, 6.45) is 0. The smallest absolute Gasteiger partial charge is 0.220 e. The molecule has 0 fully saturated rings. The molecule has 0 N–H and O–H groups in total. The van der Waals surface area contributed by atoms with Gasteiger partial charge in [-0.15, -0.1) is 0 Å². The number of ether oxygens (including phenoxy) is 2. The van der Waals surface area contributed by atoms with E-state index in [-0.39, 0.29) is 0 Å². The average molecular weight is 799 g/mol. The van der Waals surface area contributed by atoms with E-state index in [4.69, 9.17) is 29.4 Å². The first-order valence-corrected chi connectivity index (χ1v) is 20.7. The monoisotopic (exact) mass is 798 g/mol. The standard InChI is InChI=1S/C56H38N4O2/c1-35-31-46(50-30-26-40-24-28-44-48(38-17-9-4-10-18-38)34-52(60-56(44)54(40)58-50)62-42-21-13-6-14-22-42)36(2)32-45(35)49-29-25-39-23-27-43-47(37-15-7-3-8-16-37)33-51(59-55(43)53(39)57-49)61-41-19-11-5-12-20-41/h3-34H,1-2H3. The van der Waals surface area contributed by atoms with Crippen molar-refractivity contribution in [2.75, 3.05) is 0 Å². The summed E-state index contributed by atoms with van der Waals surface area (Å²) in [5.74, 6) is 2.48. The summed E-state index contributed by atoms with van der Waals surface area (Å²) in [5.41, 5.74) is 13.5. The van der Waals surface area contributed by atoms with Crippen molar-refractivity contribution in [3.63, 3.8) is 0 Å². The fourth-order valence-corrected chi connectivity index (χ4v) is 8.40. The molecule has 6 nitrogen and oxygen atoms in total. The third-order valence-electron chi connectivity index (χ3n) is 11.5. The minimum atomic E-state index is 0.515. The maximum absolute atomic E-state index is 6.35. The molecule has 7 aromatic carbocycles. The van der Waals surface area contributed by atoms with Crippen LogP contribution in [-0.4, -0.2) is 19.9 Å². The van der Waals surface area contributed by atoms with Gasteiger partial charge >= 0.3 is 0 Å². The highest BCUT2D eigenvalue weighted by Crippen LogP contribution is 2.39. The highest BCUT2D eigenvalue weighted by atomic mass is 16.5. The molecule has 0 unspecified atom stereocenters. The van der Waals surface area contributed by atoms with Crippen molar-refractivity contribution in [1.29, 1.82) is 0 Å². The van der Waals surface area contributed by atoms with Crippen molar-refractivity contribution in [1.82, 2.24) is 19.9 Å². The Morgan fingerprint density at radius 3 is 1.10 bits per heavy atom. The number of aryl methyl sites for hydroxylation is 2. The fraction of sp³-hybridized carbons (Fsp3) is 0.0357. The zero-order valence-corrected chi connectivity index (χ0v) is 34.1. The molecule has 0 aliphatic carbocycles. The van der Waals surface area contributed by atoms with Gasteiger partial charge < -0.3 is 9.47 Å². The molecule has 62 heavy (non-hydrogen) atoms. The summed E-state index contributed by atoms with van der Waals surface area (Å²) < 4.78 is 12.7. The maximum Gasteiger partial charge on any atom is 0.220 e. The molecule has 0 aliphatic heterocycles. The minimum Gasteiger partial charge on any atom is -0.439 e. The van der Waals surface area contributed by atoms with Gasteiger partial charge in [0.05, 0.1) is 22.4 Å². The van der Waals surface area contributed by atoms with Crippen molar-refractivity contribution < 1.29 is 9.47 Å².